The number of fused-ring (bicyclic) bond motifs is 1. The van der Waals surface area contributed by atoms with Gasteiger partial charge in [0.25, 0.3) is 0 Å². The summed E-state index contributed by atoms with van der Waals surface area (Å²) in [5.74, 6) is 0.952. The van der Waals surface area contributed by atoms with Gasteiger partial charge in [-0.05, 0) is 49.1 Å². The van der Waals surface area contributed by atoms with Crippen molar-refractivity contribution < 1.29 is 13.2 Å². The molecule has 0 bridgehead atoms. The molecule has 2 aromatic rings. The Balaban J connectivity index is 1.67. The summed E-state index contributed by atoms with van der Waals surface area (Å²) in [6, 6.07) is 9.51. The minimum atomic E-state index is -3.44. The van der Waals surface area contributed by atoms with Crippen LogP contribution in [0.2, 0.25) is 0 Å². The third-order valence-corrected chi connectivity index (χ3v) is 7.21. The summed E-state index contributed by atoms with van der Waals surface area (Å²) in [4.78, 5) is 1.08. The van der Waals surface area contributed by atoms with Crippen LogP contribution in [0.1, 0.15) is 29.9 Å². The second-order valence-corrected chi connectivity index (χ2v) is 8.95. The predicted octanol–water partition coefficient (Wildman–Crippen LogP) is 3.15. The molecule has 0 amide bonds. The quantitative estimate of drug-likeness (QED) is 0.870. The minimum Gasteiger partial charge on any atom is -0.493 e. The molecule has 1 unspecified atom stereocenters. The molecule has 0 saturated carbocycles. The van der Waals surface area contributed by atoms with Crippen LogP contribution in [0.5, 0.6) is 5.75 Å². The lowest BCUT2D eigenvalue weighted by Gasteiger charge is -2.14. The molecule has 0 saturated heterocycles. The third kappa shape index (κ3) is 3.76. The third-order valence-electron chi connectivity index (χ3n) is 3.90. The van der Waals surface area contributed by atoms with Crippen LogP contribution in [0.4, 0.5) is 0 Å². The van der Waals surface area contributed by atoms with Crippen molar-refractivity contribution in [1.82, 2.24) is 4.72 Å². The Morgan fingerprint density at radius 3 is 2.87 bits per heavy atom. The fraction of sp³-hybridized carbons (Fsp3) is 0.412. The maximum absolute atomic E-state index is 12.4. The van der Waals surface area contributed by atoms with Gasteiger partial charge in [0.15, 0.2) is 0 Å². The van der Waals surface area contributed by atoms with E-state index in [9.17, 15) is 8.42 Å². The topological polar surface area (TPSA) is 55.4 Å². The fourth-order valence-corrected chi connectivity index (χ4v) is 5.33. The van der Waals surface area contributed by atoms with Gasteiger partial charge in [-0.1, -0.05) is 19.1 Å². The maximum atomic E-state index is 12.4. The van der Waals surface area contributed by atoms with Crippen LogP contribution in [0, 0.1) is 0 Å². The van der Waals surface area contributed by atoms with E-state index in [0.717, 1.165) is 35.6 Å². The van der Waals surface area contributed by atoms with Gasteiger partial charge in [0.2, 0.25) is 10.0 Å². The Hall–Kier alpha value is -1.37. The first-order chi connectivity index (χ1) is 11.0. The summed E-state index contributed by atoms with van der Waals surface area (Å²) >= 11 is 1.34. The second-order valence-electron chi connectivity index (χ2n) is 5.84. The molecule has 3 rings (SSSR count). The predicted molar refractivity (Wildman–Crippen MR) is 92.8 cm³/mol. The highest BCUT2D eigenvalue weighted by atomic mass is 32.2. The smallest absolute Gasteiger partial charge is 0.250 e. The molecule has 2 heterocycles. The molecule has 1 aliphatic heterocycles. The Morgan fingerprint density at radius 2 is 2.13 bits per heavy atom. The molecule has 1 aromatic carbocycles. The van der Waals surface area contributed by atoms with Gasteiger partial charge in [-0.25, -0.2) is 13.1 Å². The van der Waals surface area contributed by atoms with Crippen LogP contribution >= 0.6 is 11.3 Å². The highest BCUT2D eigenvalue weighted by Gasteiger charge is 2.20. The molecule has 1 atom stereocenters. The van der Waals surface area contributed by atoms with Crippen molar-refractivity contribution in [2.24, 2.45) is 0 Å². The van der Waals surface area contributed by atoms with Crippen molar-refractivity contribution in [3.8, 4) is 5.75 Å². The molecule has 1 N–H and O–H groups in total. The lowest BCUT2D eigenvalue weighted by molar-refractivity contribution is 0.357. The number of thiophene rings is 1. The van der Waals surface area contributed by atoms with Gasteiger partial charge in [-0.15, -0.1) is 11.3 Å². The second kappa shape index (κ2) is 6.63. The zero-order valence-corrected chi connectivity index (χ0v) is 15.0. The average Bonchev–Trinajstić information content (AvgIpc) is 3.15. The van der Waals surface area contributed by atoms with E-state index >= 15 is 0 Å². The average molecular weight is 351 g/mol. The summed E-state index contributed by atoms with van der Waals surface area (Å²) in [6.07, 6.45) is 2.45. The largest absolute Gasteiger partial charge is 0.493 e. The normalized spacial score (nSPS) is 15.2. The van der Waals surface area contributed by atoms with Gasteiger partial charge in [0.1, 0.15) is 9.96 Å². The van der Waals surface area contributed by atoms with E-state index in [2.05, 4.69) is 10.8 Å². The zero-order chi connectivity index (χ0) is 16.4. The Morgan fingerprint density at radius 1 is 1.30 bits per heavy atom. The van der Waals surface area contributed by atoms with Crippen LogP contribution < -0.4 is 9.46 Å². The van der Waals surface area contributed by atoms with Crippen molar-refractivity contribution in [2.45, 2.75) is 43.4 Å². The van der Waals surface area contributed by atoms with Crippen LogP contribution in [-0.4, -0.2) is 21.1 Å². The lowest BCUT2D eigenvalue weighted by atomic mass is 10.0. The van der Waals surface area contributed by atoms with Crippen molar-refractivity contribution >= 4 is 21.4 Å². The number of benzene rings is 1. The summed E-state index contributed by atoms with van der Waals surface area (Å²) in [5, 5.41) is 0. The molecule has 124 valence electrons. The number of rotatable bonds is 6. The molecular formula is C17H21NO3S2. The molecule has 1 aliphatic rings. The number of hydrogen-bond donors (Lipinski definition) is 1. The van der Waals surface area contributed by atoms with Crippen LogP contribution in [0.3, 0.4) is 0 Å². The van der Waals surface area contributed by atoms with Crippen LogP contribution in [0.15, 0.2) is 34.5 Å². The summed E-state index contributed by atoms with van der Waals surface area (Å²) in [6.45, 7) is 4.66. The molecule has 23 heavy (non-hydrogen) atoms. The SMILES string of the molecule is CCc1ccc(S(=O)(=O)NC(C)Cc2ccc3c(c2)CCO3)s1. The van der Waals surface area contributed by atoms with Gasteiger partial charge in [-0.2, -0.15) is 0 Å². The van der Waals surface area contributed by atoms with E-state index in [0.29, 0.717) is 10.6 Å². The Labute approximate surface area is 141 Å². The molecule has 0 radical (unpaired) electrons. The van der Waals surface area contributed by atoms with Gasteiger partial charge in [0.05, 0.1) is 6.61 Å². The number of sulfonamides is 1. The summed E-state index contributed by atoms with van der Waals surface area (Å²) in [5.41, 5.74) is 2.34. The van der Waals surface area contributed by atoms with Crippen molar-refractivity contribution in [1.29, 1.82) is 0 Å². The molecule has 0 aliphatic carbocycles. The number of ether oxygens (including phenoxy) is 1. The van der Waals surface area contributed by atoms with Crippen LogP contribution in [0.25, 0.3) is 0 Å². The van der Waals surface area contributed by atoms with Crippen molar-refractivity contribution in [3.05, 3.63) is 46.3 Å². The Bertz CT molecular complexity index is 796. The zero-order valence-electron chi connectivity index (χ0n) is 13.3. The molecule has 0 spiro atoms. The maximum Gasteiger partial charge on any atom is 0.250 e. The van der Waals surface area contributed by atoms with E-state index in [4.69, 9.17) is 4.74 Å². The summed E-state index contributed by atoms with van der Waals surface area (Å²) < 4.78 is 33.5. The minimum absolute atomic E-state index is 0.160. The van der Waals surface area contributed by atoms with E-state index in [1.54, 1.807) is 6.07 Å². The fourth-order valence-electron chi connectivity index (χ4n) is 2.78. The van der Waals surface area contributed by atoms with Crippen molar-refractivity contribution in [3.63, 3.8) is 0 Å². The molecule has 1 aromatic heterocycles. The van der Waals surface area contributed by atoms with Crippen molar-refractivity contribution in [2.75, 3.05) is 6.61 Å². The molecule has 6 heteroatoms. The standard InChI is InChI=1S/C17H21NO3S2/c1-3-15-5-7-17(22-15)23(19,20)18-12(2)10-13-4-6-16-14(11-13)8-9-21-16/h4-7,11-12,18H,3,8-10H2,1-2H3. The van der Waals surface area contributed by atoms with Crippen LogP contribution in [-0.2, 0) is 29.3 Å². The van der Waals surface area contributed by atoms with E-state index < -0.39 is 10.0 Å². The highest BCUT2D eigenvalue weighted by Crippen LogP contribution is 2.26. The number of nitrogens with one attached hydrogen (secondary N) is 1. The first-order valence-corrected chi connectivity index (χ1v) is 10.1. The first-order valence-electron chi connectivity index (χ1n) is 7.83. The molecule has 0 fully saturated rings. The first kappa shape index (κ1) is 16.5. The van der Waals surface area contributed by atoms with Gasteiger partial charge >= 0.3 is 0 Å². The Kier molecular flexibility index (Phi) is 4.75. The highest BCUT2D eigenvalue weighted by molar-refractivity contribution is 7.91. The van der Waals surface area contributed by atoms with E-state index in [1.807, 2.05) is 32.0 Å². The lowest BCUT2D eigenvalue weighted by Crippen LogP contribution is -2.33. The van der Waals surface area contributed by atoms with Gasteiger partial charge in [-0.3, -0.25) is 0 Å². The number of aryl methyl sites for hydroxylation is 1. The molecular weight excluding hydrogens is 330 g/mol. The van der Waals surface area contributed by atoms with E-state index in [-0.39, 0.29) is 6.04 Å². The van der Waals surface area contributed by atoms with Gasteiger partial charge < -0.3 is 4.74 Å². The number of hydrogen-bond acceptors (Lipinski definition) is 4. The summed E-state index contributed by atoms with van der Waals surface area (Å²) in [7, 11) is -3.44. The van der Waals surface area contributed by atoms with E-state index in [1.165, 1.54) is 16.9 Å². The monoisotopic (exact) mass is 351 g/mol. The molecule has 4 nitrogen and oxygen atoms in total. The van der Waals surface area contributed by atoms with Gasteiger partial charge in [0, 0.05) is 17.3 Å².